The van der Waals surface area contributed by atoms with Gasteiger partial charge in [0.25, 0.3) is 0 Å². The third kappa shape index (κ3) is 4.39. The molecule has 0 amide bonds. The number of fused-ring (bicyclic) bond motifs is 3. The van der Waals surface area contributed by atoms with Crippen molar-refractivity contribution in [1.29, 1.82) is 0 Å². The first kappa shape index (κ1) is 27.4. The van der Waals surface area contributed by atoms with Crippen molar-refractivity contribution in [2.24, 2.45) is 0 Å². The van der Waals surface area contributed by atoms with Gasteiger partial charge in [-0.05, 0) is 127 Å². The zero-order valence-electron chi connectivity index (χ0n) is 26.5. The van der Waals surface area contributed by atoms with Crippen LogP contribution in [0.3, 0.4) is 0 Å². The highest BCUT2D eigenvalue weighted by molar-refractivity contribution is 6.36. The standard InChI is InChI=1S/C46H33N/c1-30-17-26-41-39-15-9-10-16-40(39)44-31(2)29-43(42-28-27-38(30)45(41)46(42)44)34-20-18-32(19-21-34)33-22-24-37(25-23-33)47(35-11-5-3-6-12-35)36-13-7-4-8-14-36/h3-29H,1-2H3. The SMILES string of the molecule is Cc1ccc2c3ccccc3c3c(C)cc(-c4ccc(-c5ccc(N(c6ccccc6)c6ccccc6)cc5)cc4)c4ccc1c2c43. The molecule has 0 unspecified atom stereocenters. The van der Waals surface area contributed by atoms with Gasteiger partial charge < -0.3 is 4.90 Å². The summed E-state index contributed by atoms with van der Waals surface area (Å²) in [6.07, 6.45) is 0. The van der Waals surface area contributed by atoms with E-state index >= 15 is 0 Å². The molecule has 0 aliphatic rings. The van der Waals surface area contributed by atoms with Crippen LogP contribution in [0.4, 0.5) is 17.1 Å². The molecule has 1 heteroatoms. The normalized spacial score (nSPS) is 11.6. The van der Waals surface area contributed by atoms with Crippen LogP contribution in [0.2, 0.25) is 0 Å². The van der Waals surface area contributed by atoms with E-state index in [0.29, 0.717) is 0 Å². The first-order valence-corrected chi connectivity index (χ1v) is 16.4. The van der Waals surface area contributed by atoms with Crippen LogP contribution in [0.25, 0.3) is 65.3 Å². The van der Waals surface area contributed by atoms with Gasteiger partial charge in [0, 0.05) is 17.1 Å². The number of nitrogens with zero attached hydrogens (tertiary/aromatic N) is 1. The summed E-state index contributed by atoms with van der Waals surface area (Å²) in [6, 6.07) is 59.7. The molecule has 222 valence electrons. The third-order valence-electron chi connectivity index (χ3n) is 9.86. The molecule has 0 fully saturated rings. The predicted octanol–water partition coefficient (Wildman–Crippen LogP) is 13.2. The molecule has 9 rings (SSSR count). The number of anilines is 3. The average Bonchev–Trinajstić information content (AvgIpc) is 3.13. The second kappa shape index (κ2) is 10.9. The molecule has 1 nitrogen and oxygen atoms in total. The minimum absolute atomic E-state index is 1.13. The van der Waals surface area contributed by atoms with Gasteiger partial charge in [-0.25, -0.2) is 0 Å². The van der Waals surface area contributed by atoms with Crippen LogP contribution < -0.4 is 4.90 Å². The van der Waals surface area contributed by atoms with Gasteiger partial charge in [-0.3, -0.25) is 0 Å². The molecule has 0 heterocycles. The Hall–Kier alpha value is -5.92. The van der Waals surface area contributed by atoms with Crippen molar-refractivity contribution in [3.05, 3.63) is 175 Å². The zero-order chi connectivity index (χ0) is 31.5. The number of hydrogen-bond donors (Lipinski definition) is 0. The second-order valence-electron chi connectivity index (χ2n) is 12.6. The van der Waals surface area contributed by atoms with E-state index in [1.807, 2.05) is 0 Å². The van der Waals surface area contributed by atoms with Crippen LogP contribution >= 0.6 is 0 Å². The van der Waals surface area contributed by atoms with Gasteiger partial charge in [0.15, 0.2) is 0 Å². The lowest BCUT2D eigenvalue weighted by Gasteiger charge is -2.25. The molecule has 0 saturated carbocycles. The van der Waals surface area contributed by atoms with E-state index in [0.717, 1.165) is 17.1 Å². The van der Waals surface area contributed by atoms with E-state index in [1.54, 1.807) is 0 Å². The van der Waals surface area contributed by atoms with Crippen molar-refractivity contribution in [1.82, 2.24) is 0 Å². The van der Waals surface area contributed by atoms with E-state index in [1.165, 1.54) is 76.5 Å². The van der Waals surface area contributed by atoms with Crippen LogP contribution in [0.1, 0.15) is 11.1 Å². The van der Waals surface area contributed by atoms with Crippen LogP contribution in [-0.4, -0.2) is 0 Å². The molecule has 0 aliphatic heterocycles. The van der Waals surface area contributed by atoms with Crippen molar-refractivity contribution in [2.45, 2.75) is 13.8 Å². The fourth-order valence-corrected chi connectivity index (χ4v) is 7.63. The Bertz CT molecular complexity index is 2510. The van der Waals surface area contributed by atoms with Gasteiger partial charge in [0.2, 0.25) is 0 Å². The summed E-state index contributed by atoms with van der Waals surface area (Å²) < 4.78 is 0. The van der Waals surface area contributed by atoms with Crippen molar-refractivity contribution < 1.29 is 0 Å². The molecule has 0 atom stereocenters. The van der Waals surface area contributed by atoms with Crippen molar-refractivity contribution >= 4 is 60.2 Å². The Kier molecular flexibility index (Phi) is 6.33. The fraction of sp³-hybridized carbons (Fsp3) is 0.0435. The van der Waals surface area contributed by atoms with Crippen LogP contribution in [0, 0.1) is 13.8 Å². The molecular weight excluding hydrogens is 567 g/mol. The predicted molar refractivity (Wildman–Crippen MR) is 203 cm³/mol. The summed E-state index contributed by atoms with van der Waals surface area (Å²) in [7, 11) is 0. The second-order valence-corrected chi connectivity index (χ2v) is 12.6. The lowest BCUT2D eigenvalue weighted by molar-refractivity contribution is 1.28. The Morgan fingerprint density at radius 2 is 0.809 bits per heavy atom. The van der Waals surface area contributed by atoms with E-state index in [-0.39, 0.29) is 0 Å². The van der Waals surface area contributed by atoms with Gasteiger partial charge in [0.1, 0.15) is 0 Å². The maximum Gasteiger partial charge on any atom is 0.0462 e. The van der Waals surface area contributed by atoms with E-state index < -0.39 is 0 Å². The highest BCUT2D eigenvalue weighted by Crippen LogP contribution is 2.46. The third-order valence-corrected chi connectivity index (χ3v) is 9.86. The van der Waals surface area contributed by atoms with Crippen molar-refractivity contribution in [3.8, 4) is 22.3 Å². The molecule has 0 radical (unpaired) electrons. The molecule has 47 heavy (non-hydrogen) atoms. The minimum Gasteiger partial charge on any atom is -0.311 e. The molecule has 0 N–H and O–H groups in total. The lowest BCUT2D eigenvalue weighted by atomic mass is 9.83. The van der Waals surface area contributed by atoms with Gasteiger partial charge in [-0.15, -0.1) is 0 Å². The molecule has 0 spiro atoms. The number of aryl methyl sites for hydroxylation is 2. The monoisotopic (exact) mass is 599 g/mol. The molecule has 9 aromatic carbocycles. The molecule has 0 saturated heterocycles. The summed E-state index contributed by atoms with van der Waals surface area (Å²) in [5.74, 6) is 0. The summed E-state index contributed by atoms with van der Waals surface area (Å²) in [5.41, 5.74) is 11.0. The Balaban J connectivity index is 1.13. The first-order valence-electron chi connectivity index (χ1n) is 16.4. The maximum atomic E-state index is 2.40. The maximum absolute atomic E-state index is 2.40. The smallest absolute Gasteiger partial charge is 0.0462 e. The fourth-order valence-electron chi connectivity index (χ4n) is 7.63. The number of para-hydroxylation sites is 2. The van der Waals surface area contributed by atoms with Crippen LogP contribution in [0.15, 0.2) is 164 Å². The zero-order valence-corrected chi connectivity index (χ0v) is 26.5. The molecule has 0 aliphatic carbocycles. The summed E-state index contributed by atoms with van der Waals surface area (Å²) in [4.78, 5) is 2.30. The van der Waals surface area contributed by atoms with Gasteiger partial charge in [0.05, 0.1) is 0 Å². The van der Waals surface area contributed by atoms with E-state index in [9.17, 15) is 0 Å². The highest BCUT2D eigenvalue weighted by Gasteiger charge is 2.19. The molecule has 0 aromatic heterocycles. The summed E-state index contributed by atoms with van der Waals surface area (Å²) >= 11 is 0. The lowest BCUT2D eigenvalue weighted by Crippen LogP contribution is -2.09. The van der Waals surface area contributed by atoms with Gasteiger partial charge in [-0.2, -0.15) is 0 Å². The largest absolute Gasteiger partial charge is 0.311 e. The summed E-state index contributed by atoms with van der Waals surface area (Å²) in [6.45, 7) is 4.51. The molecule has 9 aromatic rings. The van der Waals surface area contributed by atoms with Crippen molar-refractivity contribution in [3.63, 3.8) is 0 Å². The molecular formula is C46H33N. The summed E-state index contributed by atoms with van der Waals surface area (Å²) in [5, 5.41) is 10.8. The first-order chi connectivity index (χ1) is 23.2. The average molecular weight is 600 g/mol. The Morgan fingerprint density at radius 3 is 1.47 bits per heavy atom. The topological polar surface area (TPSA) is 3.24 Å². The number of benzene rings is 9. The Morgan fingerprint density at radius 1 is 0.319 bits per heavy atom. The van der Waals surface area contributed by atoms with Gasteiger partial charge in [-0.1, -0.05) is 127 Å². The number of rotatable bonds is 5. The van der Waals surface area contributed by atoms with Crippen LogP contribution in [0.5, 0.6) is 0 Å². The van der Waals surface area contributed by atoms with E-state index in [2.05, 4.69) is 183 Å². The van der Waals surface area contributed by atoms with Gasteiger partial charge >= 0.3 is 0 Å². The quantitative estimate of drug-likeness (QED) is 0.140. The number of hydrogen-bond acceptors (Lipinski definition) is 1. The van der Waals surface area contributed by atoms with Crippen LogP contribution in [-0.2, 0) is 0 Å². The van der Waals surface area contributed by atoms with E-state index in [4.69, 9.17) is 0 Å². The Labute approximate surface area is 275 Å². The molecule has 0 bridgehead atoms. The minimum atomic E-state index is 1.13. The van der Waals surface area contributed by atoms with Crippen molar-refractivity contribution in [2.75, 3.05) is 4.90 Å². The highest BCUT2D eigenvalue weighted by atomic mass is 15.1.